The van der Waals surface area contributed by atoms with E-state index in [2.05, 4.69) is 15.5 Å². The number of nitrogens with zero attached hydrogens (tertiary/aromatic N) is 4. The molecule has 202 valence electrons. The summed E-state index contributed by atoms with van der Waals surface area (Å²) in [6.45, 7) is 6.06. The zero-order valence-electron chi connectivity index (χ0n) is 21.2. The Morgan fingerprint density at radius 1 is 0.974 bits per heavy atom. The Kier molecular flexibility index (Phi) is 9.01. The van der Waals surface area contributed by atoms with E-state index in [1.54, 1.807) is 18.2 Å². The maximum absolute atomic E-state index is 12.8. The van der Waals surface area contributed by atoms with Gasteiger partial charge in [-0.2, -0.15) is 0 Å². The molecule has 0 atom stereocenters. The molecule has 0 radical (unpaired) electrons. The van der Waals surface area contributed by atoms with Gasteiger partial charge in [-0.05, 0) is 61.8 Å². The Hall–Kier alpha value is -3.44. The quantitative estimate of drug-likeness (QED) is 0.304. The molecule has 2 N–H and O–H groups in total. The van der Waals surface area contributed by atoms with Crippen LogP contribution in [-0.2, 0) is 4.79 Å². The second-order valence-corrected chi connectivity index (χ2v) is 10.1. The number of nitro groups is 1. The van der Waals surface area contributed by atoms with Crippen LogP contribution in [0.5, 0.6) is 0 Å². The van der Waals surface area contributed by atoms with Gasteiger partial charge in [0.25, 0.3) is 11.6 Å². The monoisotopic (exact) mass is 558 g/mol. The van der Waals surface area contributed by atoms with Crippen molar-refractivity contribution >= 4 is 63.5 Å². The molecular weight excluding hydrogens is 528 g/mol. The number of piperidine rings is 1. The molecule has 12 heteroatoms. The number of nitro benzene ring substituents is 1. The Morgan fingerprint density at radius 3 is 2.26 bits per heavy atom. The van der Waals surface area contributed by atoms with Crippen molar-refractivity contribution in [3.8, 4) is 0 Å². The molecule has 38 heavy (non-hydrogen) atoms. The van der Waals surface area contributed by atoms with Crippen LogP contribution in [0.1, 0.15) is 43.0 Å². The minimum atomic E-state index is -0.544. The standard InChI is InChI=1S/C26H31ClN6O4S/c1-2-24(34)32-14-12-31(13-15-32)21-9-7-19(17-20(21)27)28-26(38)29-25(35)18-6-8-22(23(16-18)33(36)37)30-10-4-3-5-11-30/h6-9,16-17H,2-5,10-15H2,1H3,(H2,28,29,35,38). The van der Waals surface area contributed by atoms with E-state index in [1.807, 2.05) is 28.9 Å². The number of nitrogens with one attached hydrogen (secondary N) is 2. The van der Waals surface area contributed by atoms with E-state index in [0.29, 0.717) is 49.0 Å². The number of carbonyl (C=O) groups is 2. The third-order valence-corrected chi connectivity index (χ3v) is 7.35. The van der Waals surface area contributed by atoms with Crippen molar-refractivity contribution in [1.82, 2.24) is 10.2 Å². The Balaban J connectivity index is 1.37. The number of hydrogen-bond donors (Lipinski definition) is 2. The van der Waals surface area contributed by atoms with Gasteiger partial charge in [-0.25, -0.2) is 0 Å². The summed E-state index contributed by atoms with van der Waals surface area (Å²) in [7, 11) is 0. The van der Waals surface area contributed by atoms with Gasteiger partial charge >= 0.3 is 0 Å². The molecule has 0 saturated carbocycles. The molecule has 2 saturated heterocycles. The highest BCUT2D eigenvalue weighted by atomic mass is 35.5. The van der Waals surface area contributed by atoms with Crippen molar-refractivity contribution in [3.05, 3.63) is 57.1 Å². The fourth-order valence-corrected chi connectivity index (χ4v) is 5.32. The molecule has 2 aromatic rings. The van der Waals surface area contributed by atoms with Crippen LogP contribution in [0.2, 0.25) is 5.02 Å². The molecule has 2 heterocycles. The first-order valence-electron chi connectivity index (χ1n) is 12.7. The summed E-state index contributed by atoms with van der Waals surface area (Å²) < 4.78 is 0. The lowest BCUT2D eigenvalue weighted by molar-refractivity contribution is -0.384. The molecule has 0 spiro atoms. The van der Waals surface area contributed by atoms with Crippen molar-refractivity contribution in [2.75, 3.05) is 54.4 Å². The van der Waals surface area contributed by atoms with Crippen LogP contribution in [0.3, 0.4) is 0 Å². The Morgan fingerprint density at radius 2 is 1.63 bits per heavy atom. The molecule has 0 bridgehead atoms. The number of rotatable bonds is 6. The lowest BCUT2D eigenvalue weighted by Crippen LogP contribution is -2.48. The predicted molar refractivity (Wildman–Crippen MR) is 153 cm³/mol. The van der Waals surface area contributed by atoms with Crippen molar-refractivity contribution < 1.29 is 14.5 Å². The van der Waals surface area contributed by atoms with Gasteiger partial charge in [-0.15, -0.1) is 0 Å². The molecule has 2 fully saturated rings. The predicted octanol–water partition coefficient (Wildman–Crippen LogP) is 4.42. The molecule has 4 rings (SSSR count). The van der Waals surface area contributed by atoms with Crippen molar-refractivity contribution in [2.24, 2.45) is 0 Å². The van der Waals surface area contributed by atoms with E-state index in [4.69, 9.17) is 23.8 Å². The first-order valence-corrected chi connectivity index (χ1v) is 13.5. The largest absolute Gasteiger partial charge is 0.367 e. The van der Waals surface area contributed by atoms with Gasteiger partial charge < -0.3 is 20.0 Å². The fourth-order valence-electron chi connectivity index (χ4n) is 4.81. The highest BCUT2D eigenvalue weighted by Crippen LogP contribution is 2.32. The molecule has 10 nitrogen and oxygen atoms in total. The molecule has 2 aromatic carbocycles. The Labute approximate surface area is 232 Å². The number of anilines is 3. The van der Waals surface area contributed by atoms with E-state index in [1.165, 1.54) is 6.07 Å². The van der Waals surface area contributed by atoms with E-state index in [0.717, 1.165) is 38.0 Å². The zero-order valence-corrected chi connectivity index (χ0v) is 22.8. The summed E-state index contributed by atoms with van der Waals surface area (Å²) in [6, 6.07) is 9.90. The second-order valence-electron chi connectivity index (χ2n) is 9.30. The van der Waals surface area contributed by atoms with Crippen molar-refractivity contribution in [3.63, 3.8) is 0 Å². The summed E-state index contributed by atoms with van der Waals surface area (Å²) in [4.78, 5) is 42.0. The number of amides is 2. The van der Waals surface area contributed by atoms with Gasteiger partial charge in [0, 0.05) is 63.0 Å². The fraction of sp³-hybridized carbons (Fsp3) is 0.423. The first-order chi connectivity index (χ1) is 18.3. The van der Waals surface area contributed by atoms with Crippen molar-refractivity contribution in [2.45, 2.75) is 32.6 Å². The third kappa shape index (κ3) is 6.51. The SMILES string of the molecule is CCC(=O)N1CCN(c2ccc(NC(=S)NC(=O)c3ccc(N4CCCCC4)c([N+](=O)[O-])c3)cc2Cl)CC1. The van der Waals surface area contributed by atoms with Crippen LogP contribution in [-0.4, -0.2) is 66.0 Å². The summed E-state index contributed by atoms with van der Waals surface area (Å²) in [5.74, 6) is -0.392. The molecular formula is C26H31ClN6O4S. The topological polar surface area (TPSA) is 111 Å². The summed E-state index contributed by atoms with van der Waals surface area (Å²) >= 11 is 11.8. The minimum absolute atomic E-state index is 0.0493. The number of carbonyl (C=O) groups excluding carboxylic acids is 2. The smallest absolute Gasteiger partial charge is 0.293 e. The lowest BCUT2D eigenvalue weighted by Gasteiger charge is -2.36. The van der Waals surface area contributed by atoms with Crippen LogP contribution in [0.4, 0.5) is 22.7 Å². The maximum atomic E-state index is 12.8. The van der Waals surface area contributed by atoms with Crippen LogP contribution in [0, 0.1) is 10.1 Å². The minimum Gasteiger partial charge on any atom is -0.367 e. The van der Waals surface area contributed by atoms with Crippen LogP contribution < -0.4 is 20.4 Å². The average Bonchev–Trinajstić information content (AvgIpc) is 2.93. The van der Waals surface area contributed by atoms with E-state index < -0.39 is 10.8 Å². The van der Waals surface area contributed by atoms with Crippen LogP contribution >= 0.6 is 23.8 Å². The summed E-state index contributed by atoms with van der Waals surface area (Å²) in [6.07, 6.45) is 3.58. The number of thiocarbonyl (C=S) groups is 1. The lowest BCUT2D eigenvalue weighted by atomic mass is 10.1. The maximum Gasteiger partial charge on any atom is 0.293 e. The first kappa shape index (κ1) is 27.6. The summed E-state index contributed by atoms with van der Waals surface area (Å²) in [5, 5.41) is 17.8. The number of hydrogen-bond acceptors (Lipinski definition) is 7. The highest BCUT2D eigenvalue weighted by molar-refractivity contribution is 7.80. The van der Waals surface area contributed by atoms with Gasteiger partial charge in [0.1, 0.15) is 5.69 Å². The van der Waals surface area contributed by atoms with E-state index in [-0.39, 0.29) is 22.3 Å². The van der Waals surface area contributed by atoms with Gasteiger partial charge in [-0.1, -0.05) is 18.5 Å². The van der Waals surface area contributed by atoms with Crippen LogP contribution in [0.25, 0.3) is 0 Å². The highest BCUT2D eigenvalue weighted by Gasteiger charge is 2.24. The number of halogens is 1. The van der Waals surface area contributed by atoms with Gasteiger partial charge in [0.05, 0.1) is 15.6 Å². The third-order valence-electron chi connectivity index (χ3n) is 6.84. The summed E-state index contributed by atoms with van der Waals surface area (Å²) in [5.41, 5.74) is 2.03. The normalized spacial score (nSPS) is 15.7. The molecule has 0 aliphatic carbocycles. The van der Waals surface area contributed by atoms with Gasteiger partial charge in [0.15, 0.2) is 5.11 Å². The Bertz CT molecular complexity index is 1230. The molecule has 0 unspecified atom stereocenters. The second kappa shape index (κ2) is 12.4. The van der Waals surface area contributed by atoms with Crippen LogP contribution in [0.15, 0.2) is 36.4 Å². The number of piperazine rings is 1. The van der Waals surface area contributed by atoms with Gasteiger partial charge in [0.2, 0.25) is 5.91 Å². The molecule has 2 aliphatic heterocycles. The zero-order chi connectivity index (χ0) is 27.2. The van der Waals surface area contributed by atoms with E-state index >= 15 is 0 Å². The molecule has 2 amide bonds. The average molecular weight is 559 g/mol. The van der Waals surface area contributed by atoms with E-state index in [9.17, 15) is 19.7 Å². The number of benzene rings is 2. The van der Waals surface area contributed by atoms with Crippen molar-refractivity contribution in [1.29, 1.82) is 0 Å². The molecule has 2 aliphatic rings. The van der Waals surface area contributed by atoms with Gasteiger partial charge in [-0.3, -0.25) is 25.0 Å². The molecule has 0 aromatic heterocycles.